The summed E-state index contributed by atoms with van der Waals surface area (Å²) in [4.78, 5) is 12.5. The van der Waals surface area contributed by atoms with Crippen molar-refractivity contribution < 1.29 is 0 Å². The first-order valence-electron chi connectivity index (χ1n) is 6.33. The lowest BCUT2D eigenvalue weighted by atomic mass is 10.1. The maximum atomic E-state index is 5.98. The summed E-state index contributed by atoms with van der Waals surface area (Å²) in [5, 5.41) is 4.58. The highest BCUT2D eigenvalue weighted by molar-refractivity contribution is 6.28. The first-order valence-corrected chi connectivity index (χ1v) is 6.70. The van der Waals surface area contributed by atoms with E-state index >= 15 is 0 Å². The molecule has 3 aromatic rings. The number of pyridine rings is 1. The Bertz CT molecular complexity index is 730. The second-order valence-electron chi connectivity index (χ2n) is 4.50. The van der Waals surface area contributed by atoms with Crippen LogP contribution in [0.25, 0.3) is 10.9 Å². The normalized spacial score (nSPS) is 12.3. The van der Waals surface area contributed by atoms with E-state index in [0.717, 1.165) is 22.3 Å². The van der Waals surface area contributed by atoms with Gasteiger partial charge in [-0.2, -0.15) is 0 Å². The molecule has 4 nitrogen and oxygen atoms in total. The maximum absolute atomic E-state index is 5.98. The number of anilines is 1. The number of rotatable bonds is 3. The van der Waals surface area contributed by atoms with E-state index in [9.17, 15) is 0 Å². The highest BCUT2D eigenvalue weighted by atomic mass is 35.5. The Hall–Kier alpha value is -2.20. The molecule has 1 unspecified atom stereocenters. The number of para-hydroxylation sites is 1. The molecule has 0 fully saturated rings. The van der Waals surface area contributed by atoms with Gasteiger partial charge in [0.2, 0.25) is 5.28 Å². The van der Waals surface area contributed by atoms with Crippen LogP contribution in [0.4, 0.5) is 5.82 Å². The number of fused-ring (bicyclic) bond motifs is 1. The molecule has 100 valence electrons. The molecular weight excluding hydrogens is 272 g/mol. The summed E-state index contributed by atoms with van der Waals surface area (Å²) in [5.74, 6) is 0.741. The monoisotopic (exact) mass is 284 g/mol. The molecule has 1 N–H and O–H groups in total. The van der Waals surface area contributed by atoms with Crippen molar-refractivity contribution in [3.8, 4) is 0 Å². The van der Waals surface area contributed by atoms with Gasteiger partial charge in [0.1, 0.15) is 5.82 Å². The molecule has 0 aliphatic rings. The zero-order valence-electron chi connectivity index (χ0n) is 10.9. The van der Waals surface area contributed by atoms with Crippen LogP contribution in [0.1, 0.15) is 18.5 Å². The van der Waals surface area contributed by atoms with Gasteiger partial charge in [-0.15, -0.1) is 0 Å². The number of halogens is 1. The number of aromatic nitrogens is 3. The molecule has 3 rings (SSSR count). The fourth-order valence-electron chi connectivity index (χ4n) is 2.10. The molecule has 2 heterocycles. The van der Waals surface area contributed by atoms with Gasteiger partial charge >= 0.3 is 0 Å². The highest BCUT2D eigenvalue weighted by Crippen LogP contribution is 2.25. The van der Waals surface area contributed by atoms with Gasteiger partial charge in [-0.1, -0.05) is 12.1 Å². The quantitative estimate of drug-likeness (QED) is 0.742. The van der Waals surface area contributed by atoms with E-state index in [2.05, 4.69) is 27.2 Å². The third-order valence-electron chi connectivity index (χ3n) is 3.14. The fourth-order valence-corrected chi connectivity index (χ4v) is 2.27. The van der Waals surface area contributed by atoms with E-state index in [1.165, 1.54) is 0 Å². The Morgan fingerprint density at radius 3 is 2.60 bits per heavy atom. The number of nitrogens with zero attached hydrogens (tertiary/aromatic N) is 3. The summed E-state index contributed by atoms with van der Waals surface area (Å²) in [6, 6.07) is 11.8. The molecule has 0 spiro atoms. The van der Waals surface area contributed by atoms with Gasteiger partial charge in [-0.3, -0.25) is 4.98 Å². The number of hydrogen-bond donors (Lipinski definition) is 1. The van der Waals surface area contributed by atoms with Crippen molar-refractivity contribution in [1.82, 2.24) is 15.0 Å². The first-order chi connectivity index (χ1) is 9.74. The van der Waals surface area contributed by atoms with Crippen molar-refractivity contribution in [2.45, 2.75) is 13.0 Å². The van der Waals surface area contributed by atoms with Crippen LogP contribution in [0, 0.1) is 0 Å². The molecule has 0 saturated heterocycles. The van der Waals surface area contributed by atoms with Crippen LogP contribution in [0.3, 0.4) is 0 Å². The minimum atomic E-state index is 0.104. The van der Waals surface area contributed by atoms with E-state index in [1.54, 1.807) is 12.4 Å². The molecule has 2 aromatic heterocycles. The summed E-state index contributed by atoms with van der Waals surface area (Å²) in [6.45, 7) is 2.07. The summed E-state index contributed by atoms with van der Waals surface area (Å²) in [6.07, 6.45) is 3.55. The van der Waals surface area contributed by atoms with Crippen molar-refractivity contribution >= 4 is 28.3 Å². The Morgan fingerprint density at radius 2 is 1.80 bits per heavy atom. The van der Waals surface area contributed by atoms with Crippen molar-refractivity contribution in [2.75, 3.05) is 5.32 Å². The molecule has 1 atom stereocenters. The molecule has 20 heavy (non-hydrogen) atoms. The maximum Gasteiger partial charge on any atom is 0.224 e. The highest BCUT2D eigenvalue weighted by Gasteiger charge is 2.10. The van der Waals surface area contributed by atoms with Crippen LogP contribution >= 0.6 is 11.6 Å². The van der Waals surface area contributed by atoms with Gasteiger partial charge in [0.15, 0.2) is 0 Å². The van der Waals surface area contributed by atoms with Gasteiger partial charge < -0.3 is 5.32 Å². The second kappa shape index (κ2) is 5.43. The molecule has 0 aliphatic heterocycles. The summed E-state index contributed by atoms with van der Waals surface area (Å²) in [5.41, 5.74) is 1.97. The van der Waals surface area contributed by atoms with Gasteiger partial charge in [-0.05, 0) is 48.4 Å². The molecule has 0 amide bonds. The predicted molar refractivity (Wildman–Crippen MR) is 80.8 cm³/mol. The Kier molecular flexibility index (Phi) is 3.48. The molecule has 0 radical (unpaired) electrons. The predicted octanol–water partition coefficient (Wildman–Crippen LogP) is 3.85. The largest absolute Gasteiger partial charge is 0.363 e. The lowest BCUT2D eigenvalue weighted by molar-refractivity contribution is 0.872. The van der Waals surface area contributed by atoms with E-state index < -0.39 is 0 Å². The standard InChI is InChI=1S/C15H13ClN4/c1-10(11-6-8-17-9-7-11)18-14-12-4-2-3-5-13(12)19-15(16)20-14/h2-10H,1H3,(H,18,19,20). The Balaban J connectivity index is 1.98. The number of benzene rings is 1. The minimum absolute atomic E-state index is 0.104. The third-order valence-corrected chi connectivity index (χ3v) is 3.30. The lowest BCUT2D eigenvalue weighted by Crippen LogP contribution is -2.09. The zero-order chi connectivity index (χ0) is 13.9. The van der Waals surface area contributed by atoms with Crippen molar-refractivity contribution in [3.05, 3.63) is 59.6 Å². The van der Waals surface area contributed by atoms with Crippen LogP contribution in [-0.4, -0.2) is 15.0 Å². The van der Waals surface area contributed by atoms with Gasteiger partial charge in [-0.25, -0.2) is 9.97 Å². The lowest BCUT2D eigenvalue weighted by Gasteiger charge is -2.16. The van der Waals surface area contributed by atoms with E-state index in [4.69, 9.17) is 11.6 Å². The molecule has 0 saturated carbocycles. The van der Waals surface area contributed by atoms with Gasteiger partial charge in [0, 0.05) is 17.8 Å². The topological polar surface area (TPSA) is 50.7 Å². The van der Waals surface area contributed by atoms with Crippen molar-refractivity contribution in [1.29, 1.82) is 0 Å². The van der Waals surface area contributed by atoms with Crippen molar-refractivity contribution in [2.24, 2.45) is 0 Å². The summed E-state index contributed by atoms with van der Waals surface area (Å²) in [7, 11) is 0. The summed E-state index contributed by atoms with van der Waals surface area (Å²) >= 11 is 5.98. The van der Waals surface area contributed by atoms with Crippen molar-refractivity contribution in [3.63, 3.8) is 0 Å². The van der Waals surface area contributed by atoms with Crippen LogP contribution in [-0.2, 0) is 0 Å². The van der Waals surface area contributed by atoms with Crippen LogP contribution in [0.2, 0.25) is 5.28 Å². The second-order valence-corrected chi connectivity index (χ2v) is 4.84. The van der Waals surface area contributed by atoms with E-state index in [0.29, 0.717) is 0 Å². The number of hydrogen-bond acceptors (Lipinski definition) is 4. The molecule has 0 bridgehead atoms. The molecular formula is C15H13ClN4. The Labute approximate surface area is 121 Å². The van der Waals surface area contributed by atoms with Crippen LogP contribution < -0.4 is 5.32 Å². The number of nitrogens with one attached hydrogen (secondary N) is 1. The smallest absolute Gasteiger partial charge is 0.224 e. The van der Waals surface area contributed by atoms with E-state index in [-0.39, 0.29) is 11.3 Å². The van der Waals surface area contributed by atoms with Gasteiger partial charge in [0.25, 0.3) is 0 Å². The Morgan fingerprint density at radius 1 is 1.05 bits per heavy atom. The average molecular weight is 285 g/mol. The first kappa shape index (κ1) is 12.8. The molecule has 5 heteroatoms. The average Bonchev–Trinajstić information content (AvgIpc) is 2.48. The molecule has 0 aliphatic carbocycles. The SMILES string of the molecule is CC(Nc1nc(Cl)nc2ccccc12)c1ccncc1. The fraction of sp³-hybridized carbons (Fsp3) is 0.133. The van der Waals surface area contributed by atoms with Crippen LogP contribution in [0.5, 0.6) is 0 Å². The summed E-state index contributed by atoms with van der Waals surface area (Å²) < 4.78 is 0. The zero-order valence-corrected chi connectivity index (χ0v) is 11.7. The van der Waals surface area contributed by atoms with E-state index in [1.807, 2.05) is 36.4 Å². The third kappa shape index (κ3) is 2.56. The molecule has 1 aromatic carbocycles. The van der Waals surface area contributed by atoms with Crippen LogP contribution in [0.15, 0.2) is 48.8 Å². The van der Waals surface area contributed by atoms with Gasteiger partial charge in [0.05, 0.1) is 11.6 Å². The minimum Gasteiger partial charge on any atom is -0.363 e.